The van der Waals surface area contributed by atoms with Gasteiger partial charge >= 0.3 is 12.1 Å². The molecule has 0 aliphatic carbocycles. The van der Waals surface area contributed by atoms with Crippen LogP contribution in [0.25, 0.3) is 0 Å². The van der Waals surface area contributed by atoms with Crippen molar-refractivity contribution in [1.82, 2.24) is 9.78 Å². The molecule has 5 nitrogen and oxygen atoms in total. The summed E-state index contributed by atoms with van der Waals surface area (Å²) in [5.41, 5.74) is -0.889. The molecule has 0 amide bonds. The van der Waals surface area contributed by atoms with Crippen LogP contribution in [0.1, 0.15) is 5.69 Å². The number of nitrogens with zero attached hydrogens (tertiary/aromatic N) is 2. The van der Waals surface area contributed by atoms with E-state index in [0.29, 0.717) is 4.68 Å². The van der Waals surface area contributed by atoms with Gasteiger partial charge in [0, 0.05) is 13.1 Å². The topological polar surface area (TPSA) is 56.1 Å². The van der Waals surface area contributed by atoms with Crippen molar-refractivity contribution in [1.29, 1.82) is 0 Å². The summed E-state index contributed by atoms with van der Waals surface area (Å²) in [6.45, 7) is -0.231. The van der Waals surface area contributed by atoms with E-state index in [2.05, 4.69) is 15.2 Å². The SMILES string of the molecule is COC(=O)CNc1cc(C(F)(F)F)n(C)n1. The van der Waals surface area contributed by atoms with Gasteiger partial charge in [0.25, 0.3) is 0 Å². The molecule has 0 bridgehead atoms. The highest BCUT2D eigenvalue weighted by Crippen LogP contribution is 2.30. The number of esters is 1. The molecular formula is C8H10F3N3O2. The monoisotopic (exact) mass is 237 g/mol. The number of ether oxygens (including phenoxy) is 1. The highest BCUT2D eigenvalue weighted by atomic mass is 19.4. The van der Waals surface area contributed by atoms with Crippen molar-refractivity contribution in [2.75, 3.05) is 19.0 Å². The molecule has 0 aromatic carbocycles. The van der Waals surface area contributed by atoms with Gasteiger partial charge in [-0.1, -0.05) is 0 Å². The first kappa shape index (κ1) is 12.3. The minimum Gasteiger partial charge on any atom is -0.468 e. The van der Waals surface area contributed by atoms with E-state index in [-0.39, 0.29) is 12.4 Å². The number of nitrogens with one attached hydrogen (secondary N) is 1. The molecule has 0 fully saturated rings. The Kier molecular flexibility index (Phi) is 3.41. The zero-order valence-corrected chi connectivity index (χ0v) is 8.63. The minimum absolute atomic E-state index is 0.0276. The third kappa shape index (κ3) is 2.88. The van der Waals surface area contributed by atoms with Crippen molar-refractivity contribution < 1.29 is 22.7 Å². The molecule has 0 saturated carbocycles. The Labute approximate surface area is 89.2 Å². The fourth-order valence-electron chi connectivity index (χ4n) is 1.05. The molecule has 0 saturated heterocycles. The summed E-state index contributed by atoms with van der Waals surface area (Å²) < 4.78 is 42.1. The molecule has 0 atom stereocenters. The van der Waals surface area contributed by atoms with Crippen molar-refractivity contribution in [3.05, 3.63) is 11.8 Å². The van der Waals surface area contributed by atoms with Gasteiger partial charge < -0.3 is 10.1 Å². The van der Waals surface area contributed by atoms with E-state index in [0.717, 1.165) is 6.07 Å². The second kappa shape index (κ2) is 4.42. The van der Waals surface area contributed by atoms with Crippen LogP contribution in [0.15, 0.2) is 6.07 Å². The second-order valence-corrected chi connectivity index (χ2v) is 2.97. The Balaban J connectivity index is 2.74. The molecule has 0 aliphatic rings. The van der Waals surface area contributed by atoms with E-state index in [1.165, 1.54) is 14.2 Å². The first-order valence-corrected chi connectivity index (χ1v) is 4.26. The maximum Gasteiger partial charge on any atom is 0.433 e. The van der Waals surface area contributed by atoms with Crippen molar-refractivity contribution in [3.63, 3.8) is 0 Å². The number of methoxy groups -OCH3 is 1. The average molecular weight is 237 g/mol. The van der Waals surface area contributed by atoms with Crippen molar-refractivity contribution in [2.24, 2.45) is 7.05 Å². The Morgan fingerprint density at radius 3 is 2.69 bits per heavy atom. The summed E-state index contributed by atoms with van der Waals surface area (Å²) in [7, 11) is 2.36. The molecule has 0 aliphatic heterocycles. The zero-order chi connectivity index (χ0) is 12.3. The fourth-order valence-corrected chi connectivity index (χ4v) is 1.05. The highest BCUT2D eigenvalue weighted by molar-refractivity contribution is 5.74. The number of hydrogen-bond donors (Lipinski definition) is 1. The number of aromatic nitrogens is 2. The van der Waals surface area contributed by atoms with Crippen molar-refractivity contribution in [2.45, 2.75) is 6.18 Å². The van der Waals surface area contributed by atoms with E-state index in [1.54, 1.807) is 0 Å². The van der Waals surface area contributed by atoms with Gasteiger partial charge in [-0.15, -0.1) is 0 Å². The largest absolute Gasteiger partial charge is 0.468 e. The van der Waals surface area contributed by atoms with Gasteiger partial charge in [0.15, 0.2) is 0 Å². The minimum atomic E-state index is -4.47. The van der Waals surface area contributed by atoms with Gasteiger partial charge in [-0.25, -0.2) is 0 Å². The van der Waals surface area contributed by atoms with Crippen LogP contribution in [-0.4, -0.2) is 29.4 Å². The highest BCUT2D eigenvalue weighted by Gasteiger charge is 2.34. The van der Waals surface area contributed by atoms with Crippen molar-refractivity contribution >= 4 is 11.8 Å². The molecule has 16 heavy (non-hydrogen) atoms. The van der Waals surface area contributed by atoms with Crippen LogP contribution in [0.3, 0.4) is 0 Å². The van der Waals surface area contributed by atoms with Gasteiger partial charge in [-0.05, 0) is 0 Å². The van der Waals surface area contributed by atoms with Crippen LogP contribution < -0.4 is 5.32 Å². The molecule has 1 N–H and O–H groups in total. The molecular weight excluding hydrogens is 227 g/mol. The third-order valence-electron chi connectivity index (χ3n) is 1.81. The van der Waals surface area contributed by atoms with Crippen LogP contribution in [0.4, 0.5) is 19.0 Å². The first-order valence-electron chi connectivity index (χ1n) is 4.26. The summed E-state index contributed by atoms with van der Waals surface area (Å²) >= 11 is 0. The predicted molar refractivity (Wildman–Crippen MR) is 48.7 cm³/mol. The van der Waals surface area contributed by atoms with E-state index in [4.69, 9.17) is 0 Å². The number of alkyl halides is 3. The Hall–Kier alpha value is -1.73. The molecule has 0 unspecified atom stereocenters. The molecule has 0 spiro atoms. The Morgan fingerprint density at radius 2 is 2.25 bits per heavy atom. The number of anilines is 1. The number of hydrogen-bond acceptors (Lipinski definition) is 4. The van der Waals surface area contributed by atoms with Crippen LogP contribution in [0.2, 0.25) is 0 Å². The van der Waals surface area contributed by atoms with E-state index in [1.807, 2.05) is 0 Å². The smallest absolute Gasteiger partial charge is 0.433 e. The van der Waals surface area contributed by atoms with Crippen molar-refractivity contribution in [3.8, 4) is 0 Å². The maximum atomic E-state index is 12.3. The number of carbonyl (C=O) groups excluding carboxylic acids is 1. The normalized spacial score (nSPS) is 11.3. The average Bonchev–Trinajstić information content (AvgIpc) is 2.55. The number of halogens is 3. The van der Waals surface area contributed by atoms with Gasteiger partial charge in [0.05, 0.1) is 7.11 Å². The van der Waals surface area contributed by atoms with Gasteiger partial charge in [-0.2, -0.15) is 18.3 Å². The van der Waals surface area contributed by atoms with Crippen LogP contribution >= 0.6 is 0 Å². The third-order valence-corrected chi connectivity index (χ3v) is 1.81. The van der Waals surface area contributed by atoms with Crippen LogP contribution in [0.5, 0.6) is 0 Å². The molecule has 1 rings (SSSR count). The summed E-state index contributed by atoms with van der Waals surface area (Å²) in [5.74, 6) is -0.612. The lowest BCUT2D eigenvalue weighted by molar-refractivity contribution is -0.143. The number of rotatable bonds is 3. The molecule has 8 heteroatoms. The lowest BCUT2D eigenvalue weighted by Crippen LogP contribution is -2.15. The second-order valence-electron chi connectivity index (χ2n) is 2.97. The lowest BCUT2D eigenvalue weighted by Gasteiger charge is -2.04. The molecule has 0 radical (unpaired) electrons. The summed E-state index contributed by atoms with van der Waals surface area (Å²) in [5, 5.41) is 5.98. The molecule has 1 heterocycles. The molecule has 1 aromatic heterocycles. The summed E-state index contributed by atoms with van der Waals surface area (Å²) in [4.78, 5) is 10.7. The summed E-state index contributed by atoms with van der Waals surface area (Å²) in [6, 6.07) is 0.822. The Morgan fingerprint density at radius 1 is 1.62 bits per heavy atom. The predicted octanol–water partition coefficient (Wildman–Crippen LogP) is 1.02. The van der Waals surface area contributed by atoms with Crippen LogP contribution in [-0.2, 0) is 22.8 Å². The van der Waals surface area contributed by atoms with Gasteiger partial charge in [0.2, 0.25) is 0 Å². The van der Waals surface area contributed by atoms with Gasteiger partial charge in [0.1, 0.15) is 18.1 Å². The maximum absolute atomic E-state index is 12.3. The van der Waals surface area contributed by atoms with Gasteiger partial charge in [-0.3, -0.25) is 9.48 Å². The summed E-state index contributed by atoms with van der Waals surface area (Å²) in [6.07, 6.45) is -4.47. The van der Waals surface area contributed by atoms with Crippen LogP contribution in [0, 0.1) is 0 Å². The first-order chi connectivity index (χ1) is 7.34. The quantitative estimate of drug-likeness (QED) is 0.797. The number of aryl methyl sites for hydroxylation is 1. The number of carbonyl (C=O) groups is 1. The Bertz CT molecular complexity index is 386. The van der Waals surface area contributed by atoms with E-state index >= 15 is 0 Å². The van der Waals surface area contributed by atoms with E-state index in [9.17, 15) is 18.0 Å². The lowest BCUT2D eigenvalue weighted by atomic mass is 10.4. The molecule has 90 valence electrons. The van der Waals surface area contributed by atoms with E-state index < -0.39 is 17.8 Å². The zero-order valence-electron chi connectivity index (χ0n) is 8.63. The standard InChI is InChI=1S/C8H10F3N3O2/c1-14-5(8(9,10)11)3-6(13-14)12-4-7(15)16-2/h3H,4H2,1-2H3,(H,12,13). The fraction of sp³-hybridized carbons (Fsp3) is 0.500. The molecule has 1 aromatic rings.